The van der Waals surface area contributed by atoms with Gasteiger partial charge in [0.2, 0.25) is 12.2 Å². The summed E-state index contributed by atoms with van der Waals surface area (Å²) in [6.45, 7) is 0.739. The molecule has 2 unspecified atom stereocenters. The first-order chi connectivity index (χ1) is 19.6. The van der Waals surface area contributed by atoms with Crippen LogP contribution in [0.15, 0.2) is 11.5 Å². The second kappa shape index (κ2) is 19.0. The third-order valence-corrected chi connectivity index (χ3v) is 9.33. The number of rotatable bonds is 22. The van der Waals surface area contributed by atoms with Crippen molar-refractivity contribution in [1.82, 2.24) is 5.32 Å². The number of carbonyl (C=O) groups is 1. The van der Waals surface area contributed by atoms with E-state index < -0.39 is 55.4 Å². The maximum atomic E-state index is 12.5. The van der Waals surface area contributed by atoms with E-state index >= 15 is 0 Å². The minimum Gasteiger partial charge on any atom is -0.506 e. The molecule has 10 heteroatoms. The van der Waals surface area contributed by atoms with Crippen molar-refractivity contribution < 1.29 is 45.3 Å². The zero-order chi connectivity index (χ0) is 30.3. The Bertz CT molecular complexity index is 755. The molecular weight excluding hydrogens is 530 g/mol. The van der Waals surface area contributed by atoms with Gasteiger partial charge in [0.1, 0.15) is 12.2 Å². The summed E-state index contributed by atoms with van der Waals surface area (Å²) < 4.78 is 5.11. The lowest BCUT2D eigenvalue weighted by Gasteiger charge is -2.47. The van der Waals surface area contributed by atoms with Gasteiger partial charge in [0.05, 0.1) is 18.8 Å². The molecule has 0 aliphatic heterocycles. The number of unbranched alkanes of at least 4 members (excludes halogenated alkanes) is 7. The van der Waals surface area contributed by atoms with Crippen molar-refractivity contribution in [1.29, 1.82) is 0 Å². The van der Waals surface area contributed by atoms with Crippen LogP contribution >= 0.6 is 0 Å². The Labute approximate surface area is 245 Å². The molecule has 0 aromatic rings. The second-order valence-electron chi connectivity index (χ2n) is 12.4. The van der Waals surface area contributed by atoms with E-state index in [9.17, 15) is 35.4 Å². The van der Waals surface area contributed by atoms with Crippen molar-refractivity contribution in [2.45, 2.75) is 153 Å². The fourth-order valence-corrected chi connectivity index (χ4v) is 6.40. The van der Waals surface area contributed by atoms with Crippen LogP contribution < -0.4 is 5.32 Å². The second-order valence-corrected chi connectivity index (χ2v) is 12.4. The van der Waals surface area contributed by atoms with Crippen LogP contribution in [-0.2, 0) is 9.53 Å². The van der Waals surface area contributed by atoms with E-state index in [2.05, 4.69) is 5.32 Å². The van der Waals surface area contributed by atoms with Gasteiger partial charge in [-0.25, -0.2) is 0 Å². The Balaban J connectivity index is 1.63. The van der Waals surface area contributed by atoms with Gasteiger partial charge in [0.25, 0.3) is 0 Å². The monoisotopic (exact) mass is 587 g/mol. The number of carbonyl (C=O) groups excluding carboxylic acids is 1. The highest BCUT2D eigenvalue weighted by Gasteiger charge is 2.39. The number of hydrogen-bond acceptors (Lipinski definition) is 9. The smallest absolute Gasteiger partial charge is 0.220 e. The molecule has 5 atom stereocenters. The minimum absolute atomic E-state index is 0.219. The van der Waals surface area contributed by atoms with Crippen LogP contribution in [-0.4, -0.2) is 85.5 Å². The van der Waals surface area contributed by atoms with Gasteiger partial charge in [-0.05, 0) is 69.1 Å². The number of ether oxygens (including phenoxy) is 1. The summed E-state index contributed by atoms with van der Waals surface area (Å²) in [5.74, 6) is -1.30. The molecule has 3 aliphatic carbocycles. The third-order valence-electron chi connectivity index (χ3n) is 9.33. The molecule has 0 spiro atoms. The first-order valence-electron chi connectivity index (χ1n) is 16.0. The summed E-state index contributed by atoms with van der Waals surface area (Å²) in [6, 6.07) is -1.08. The molecule has 3 aliphatic rings. The van der Waals surface area contributed by atoms with E-state index in [1.54, 1.807) is 6.92 Å². The van der Waals surface area contributed by atoms with E-state index in [1.807, 2.05) is 0 Å². The molecule has 1 amide bonds. The van der Waals surface area contributed by atoms with Crippen LogP contribution in [0.4, 0.5) is 0 Å². The zero-order valence-corrected chi connectivity index (χ0v) is 25.1. The van der Waals surface area contributed by atoms with Gasteiger partial charge in [-0.2, -0.15) is 0 Å². The van der Waals surface area contributed by atoms with Crippen LogP contribution in [0.3, 0.4) is 0 Å². The summed E-state index contributed by atoms with van der Waals surface area (Å²) in [7, 11) is 0. The van der Waals surface area contributed by atoms with E-state index in [4.69, 9.17) is 9.84 Å². The van der Waals surface area contributed by atoms with Crippen molar-refractivity contribution >= 4 is 5.91 Å². The number of aliphatic hydroxyl groups is 7. The topological polar surface area (TPSA) is 180 Å². The largest absolute Gasteiger partial charge is 0.506 e. The van der Waals surface area contributed by atoms with Crippen LogP contribution in [0, 0.1) is 11.3 Å². The number of nitrogens with one attached hydrogen (secondary N) is 1. The first kappa shape index (κ1) is 35.8. The quantitative estimate of drug-likeness (QED) is 0.0530. The lowest BCUT2D eigenvalue weighted by molar-refractivity contribution is -0.133. The van der Waals surface area contributed by atoms with Gasteiger partial charge in [-0.3, -0.25) is 4.79 Å². The van der Waals surface area contributed by atoms with Gasteiger partial charge in [0.15, 0.2) is 11.5 Å². The summed E-state index contributed by atoms with van der Waals surface area (Å²) in [5.41, 5.74) is 0.677. The van der Waals surface area contributed by atoms with Gasteiger partial charge < -0.3 is 45.8 Å². The Morgan fingerprint density at radius 2 is 1.44 bits per heavy atom. The third kappa shape index (κ3) is 12.4. The van der Waals surface area contributed by atoms with Gasteiger partial charge in [-0.15, -0.1) is 0 Å². The van der Waals surface area contributed by atoms with Crippen LogP contribution in [0.2, 0.25) is 0 Å². The van der Waals surface area contributed by atoms with Gasteiger partial charge >= 0.3 is 0 Å². The average molecular weight is 588 g/mol. The molecule has 0 aromatic heterocycles. The van der Waals surface area contributed by atoms with Crippen LogP contribution in [0.25, 0.3) is 0 Å². The Morgan fingerprint density at radius 3 is 2.00 bits per heavy atom. The molecule has 240 valence electrons. The molecule has 3 saturated carbocycles. The number of fused-ring (bicyclic) bond motifs is 3. The molecule has 0 saturated heterocycles. The maximum absolute atomic E-state index is 12.5. The normalized spacial score (nSPS) is 24.8. The Kier molecular flexibility index (Phi) is 16.5. The van der Waals surface area contributed by atoms with E-state index in [0.717, 1.165) is 25.2 Å². The number of amides is 1. The first-order valence-corrected chi connectivity index (χ1v) is 16.0. The molecule has 0 aromatic carbocycles. The molecule has 3 fully saturated rings. The van der Waals surface area contributed by atoms with Crippen LogP contribution in [0.5, 0.6) is 0 Å². The lowest BCUT2D eigenvalue weighted by Crippen LogP contribution is -2.51. The fraction of sp³-hybridized carbons (Fsp3) is 0.903. The highest BCUT2D eigenvalue weighted by Crippen LogP contribution is 2.52. The number of hydrogen-bond donors (Lipinski definition) is 8. The molecule has 8 N–H and O–H groups in total. The van der Waals surface area contributed by atoms with Crippen molar-refractivity contribution in [3.05, 3.63) is 11.5 Å². The average Bonchev–Trinajstić information content (AvgIpc) is 2.99. The Morgan fingerprint density at radius 1 is 0.878 bits per heavy atom. The summed E-state index contributed by atoms with van der Waals surface area (Å²) in [4.78, 5) is 12.5. The Hall–Kier alpha value is -1.43. The maximum Gasteiger partial charge on any atom is 0.220 e. The summed E-state index contributed by atoms with van der Waals surface area (Å²) >= 11 is 0. The molecule has 0 heterocycles. The summed E-state index contributed by atoms with van der Waals surface area (Å²) in [5, 5.41) is 71.4. The summed E-state index contributed by atoms with van der Waals surface area (Å²) in [6.07, 6.45) is 13.2. The van der Waals surface area contributed by atoms with Crippen LogP contribution in [0.1, 0.15) is 122 Å². The van der Waals surface area contributed by atoms with E-state index in [0.29, 0.717) is 11.8 Å². The lowest BCUT2D eigenvalue weighted by atomic mass is 9.59. The van der Waals surface area contributed by atoms with Gasteiger partial charge in [-0.1, -0.05) is 51.9 Å². The SMILES string of the molecule is CC[C@@H](O)[C@@H](O)[C@H](COC(O)/C(O)=C(\O)C(O)CCO)NC(=O)CCCCCCCCCCC12CCC(CC1)CC2. The predicted octanol–water partition coefficient (Wildman–Crippen LogP) is 3.88. The molecule has 10 nitrogen and oxygen atoms in total. The molecule has 2 bridgehead atoms. The molecular formula is C31H57NO9. The molecule has 0 radical (unpaired) electrons. The predicted molar refractivity (Wildman–Crippen MR) is 156 cm³/mol. The van der Waals surface area contributed by atoms with Crippen molar-refractivity contribution in [3.63, 3.8) is 0 Å². The van der Waals surface area contributed by atoms with E-state index in [1.165, 1.54) is 70.6 Å². The van der Waals surface area contributed by atoms with Crippen molar-refractivity contribution in [2.75, 3.05) is 13.2 Å². The van der Waals surface area contributed by atoms with Gasteiger partial charge in [0, 0.05) is 19.4 Å². The fourth-order valence-electron chi connectivity index (χ4n) is 6.40. The highest BCUT2D eigenvalue weighted by molar-refractivity contribution is 5.76. The molecule has 41 heavy (non-hydrogen) atoms. The number of aliphatic hydroxyl groups excluding tert-OH is 7. The van der Waals surface area contributed by atoms with E-state index in [-0.39, 0.29) is 25.2 Å². The zero-order valence-electron chi connectivity index (χ0n) is 25.1. The highest BCUT2D eigenvalue weighted by atomic mass is 16.6. The minimum atomic E-state index is -2.05. The van der Waals surface area contributed by atoms with Crippen molar-refractivity contribution in [3.8, 4) is 0 Å². The standard InChI is InChI=1S/C31H57NO9/c1-2-24(34)27(37)23(21-41-30(40)29(39)28(38)25(35)15-20-33)32-26(36)11-9-7-5-3-4-6-8-10-16-31-17-12-22(13-18-31)14-19-31/h22-25,27,30,33-35,37-40H,2-21H2,1H3,(H,32,36)/b29-28+/t22?,23-,24+,25?,27-,30?,31?/m0/s1. The van der Waals surface area contributed by atoms with Crippen molar-refractivity contribution in [2.24, 2.45) is 11.3 Å². The molecule has 3 rings (SSSR count).